The fourth-order valence-corrected chi connectivity index (χ4v) is 2.72. The first-order chi connectivity index (χ1) is 5.27. The second kappa shape index (κ2) is 1.79. The lowest BCUT2D eigenvalue weighted by atomic mass is 10.00. The molecule has 3 unspecified atom stereocenters. The Labute approximate surface area is 65.9 Å². The number of epoxide rings is 1. The molecule has 0 amide bonds. The van der Waals surface area contributed by atoms with E-state index in [4.69, 9.17) is 4.74 Å². The highest BCUT2D eigenvalue weighted by molar-refractivity contribution is 5.13. The summed E-state index contributed by atoms with van der Waals surface area (Å²) in [5, 5.41) is 9.46. The van der Waals surface area contributed by atoms with Gasteiger partial charge in [0.2, 0.25) is 0 Å². The molecule has 3 heteroatoms. The van der Waals surface area contributed by atoms with Crippen LogP contribution < -0.4 is 0 Å². The van der Waals surface area contributed by atoms with E-state index in [1.165, 1.54) is 0 Å². The lowest BCUT2D eigenvalue weighted by molar-refractivity contribution is 0.00149. The molecule has 11 heavy (non-hydrogen) atoms. The van der Waals surface area contributed by atoms with E-state index in [1.807, 2.05) is 0 Å². The molecule has 3 rings (SSSR count). The average molecular weight is 155 g/mol. The molecule has 0 spiro atoms. The number of fused-ring (bicyclic) bond motifs is 5. The molecule has 1 N–H and O–H groups in total. The summed E-state index contributed by atoms with van der Waals surface area (Å²) in [5.41, 5.74) is 0. The number of rotatable bonds is 0. The molecule has 0 aromatic heterocycles. The van der Waals surface area contributed by atoms with Crippen molar-refractivity contribution in [2.75, 3.05) is 7.05 Å². The van der Waals surface area contributed by atoms with Crippen LogP contribution in [0.1, 0.15) is 12.8 Å². The summed E-state index contributed by atoms with van der Waals surface area (Å²) < 4.78 is 5.49. The molecule has 3 saturated heterocycles. The van der Waals surface area contributed by atoms with E-state index in [-0.39, 0.29) is 6.10 Å². The van der Waals surface area contributed by atoms with Crippen molar-refractivity contribution in [1.29, 1.82) is 0 Å². The maximum Gasteiger partial charge on any atom is 0.101 e. The molecule has 3 fully saturated rings. The quantitative estimate of drug-likeness (QED) is 0.483. The lowest BCUT2D eigenvalue weighted by Crippen LogP contribution is -2.46. The first-order valence-corrected chi connectivity index (χ1v) is 4.33. The van der Waals surface area contributed by atoms with Crippen molar-refractivity contribution >= 4 is 0 Å². The molecule has 0 aromatic carbocycles. The Balaban J connectivity index is 1.90. The Morgan fingerprint density at radius 3 is 2.36 bits per heavy atom. The molecule has 2 bridgehead atoms. The standard InChI is InChI=1S/C8H13NO2/c1-9-5-2-4(10)3-6(9)8-7(5)11-8/h4-8,10H,2-3H2,1H3/t4?,5?,6?,7-,8+. The van der Waals surface area contributed by atoms with Gasteiger partial charge in [-0.15, -0.1) is 0 Å². The van der Waals surface area contributed by atoms with Crippen molar-refractivity contribution in [2.45, 2.75) is 43.2 Å². The van der Waals surface area contributed by atoms with Gasteiger partial charge in [-0.25, -0.2) is 0 Å². The molecule has 0 radical (unpaired) electrons. The van der Waals surface area contributed by atoms with Crippen LogP contribution in [0.15, 0.2) is 0 Å². The predicted octanol–water partition coefficient (Wildman–Crippen LogP) is -0.409. The third-order valence-electron chi connectivity index (χ3n) is 3.39. The van der Waals surface area contributed by atoms with E-state index >= 15 is 0 Å². The smallest absolute Gasteiger partial charge is 0.101 e. The Kier molecular flexibility index (Phi) is 1.04. The second-order valence-corrected chi connectivity index (χ2v) is 3.99. The van der Waals surface area contributed by atoms with Crippen LogP contribution in [0.25, 0.3) is 0 Å². The van der Waals surface area contributed by atoms with Gasteiger partial charge in [0, 0.05) is 12.1 Å². The van der Waals surface area contributed by atoms with Crippen molar-refractivity contribution < 1.29 is 9.84 Å². The average Bonchev–Trinajstić information content (AvgIpc) is 2.66. The van der Waals surface area contributed by atoms with E-state index in [0.29, 0.717) is 24.3 Å². The minimum Gasteiger partial charge on any atom is -0.393 e. The summed E-state index contributed by atoms with van der Waals surface area (Å²) in [6.07, 6.45) is 2.67. The summed E-state index contributed by atoms with van der Waals surface area (Å²) in [6.45, 7) is 0. The number of nitrogens with zero attached hydrogens (tertiary/aromatic N) is 1. The van der Waals surface area contributed by atoms with Gasteiger partial charge in [0.1, 0.15) is 12.2 Å². The highest BCUT2D eigenvalue weighted by atomic mass is 16.6. The van der Waals surface area contributed by atoms with Gasteiger partial charge < -0.3 is 9.84 Å². The molecular weight excluding hydrogens is 142 g/mol. The maximum atomic E-state index is 9.46. The van der Waals surface area contributed by atoms with Crippen molar-refractivity contribution in [1.82, 2.24) is 4.90 Å². The number of piperidine rings is 1. The van der Waals surface area contributed by atoms with Crippen LogP contribution in [-0.4, -0.2) is 47.4 Å². The van der Waals surface area contributed by atoms with E-state index in [2.05, 4.69) is 11.9 Å². The summed E-state index contributed by atoms with van der Waals surface area (Å²) >= 11 is 0. The predicted molar refractivity (Wildman–Crippen MR) is 39.2 cm³/mol. The van der Waals surface area contributed by atoms with Gasteiger partial charge in [0.05, 0.1) is 6.10 Å². The molecule has 0 saturated carbocycles. The van der Waals surface area contributed by atoms with Crippen LogP contribution in [0.4, 0.5) is 0 Å². The van der Waals surface area contributed by atoms with E-state index in [9.17, 15) is 5.11 Å². The van der Waals surface area contributed by atoms with Crippen LogP contribution in [-0.2, 0) is 4.74 Å². The second-order valence-electron chi connectivity index (χ2n) is 3.99. The number of morpholine rings is 1. The van der Waals surface area contributed by atoms with E-state index in [1.54, 1.807) is 0 Å². The fourth-order valence-electron chi connectivity index (χ4n) is 2.72. The zero-order valence-electron chi connectivity index (χ0n) is 6.60. The maximum absolute atomic E-state index is 9.46. The summed E-state index contributed by atoms with van der Waals surface area (Å²) in [7, 11) is 2.15. The number of aliphatic hydroxyl groups is 1. The first-order valence-electron chi connectivity index (χ1n) is 4.33. The number of hydrogen-bond donors (Lipinski definition) is 1. The van der Waals surface area contributed by atoms with Gasteiger partial charge >= 0.3 is 0 Å². The molecule has 3 aliphatic rings. The Bertz CT molecular complexity index is 179. The van der Waals surface area contributed by atoms with E-state index in [0.717, 1.165) is 12.8 Å². The Morgan fingerprint density at radius 1 is 1.27 bits per heavy atom. The minimum absolute atomic E-state index is 0.0717. The van der Waals surface area contributed by atoms with Gasteiger partial charge in [-0.1, -0.05) is 0 Å². The zero-order valence-corrected chi connectivity index (χ0v) is 6.60. The fraction of sp³-hybridized carbons (Fsp3) is 1.00. The van der Waals surface area contributed by atoms with Crippen LogP contribution in [0.5, 0.6) is 0 Å². The van der Waals surface area contributed by atoms with Crippen LogP contribution in [0, 0.1) is 0 Å². The number of hydrogen-bond acceptors (Lipinski definition) is 3. The Morgan fingerprint density at radius 2 is 1.82 bits per heavy atom. The molecule has 3 heterocycles. The van der Waals surface area contributed by atoms with Crippen LogP contribution in [0.3, 0.4) is 0 Å². The van der Waals surface area contributed by atoms with Crippen LogP contribution >= 0.6 is 0 Å². The summed E-state index contributed by atoms with van der Waals surface area (Å²) in [5.74, 6) is 0. The summed E-state index contributed by atoms with van der Waals surface area (Å²) in [6, 6.07) is 1.02. The monoisotopic (exact) mass is 155 g/mol. The van der Waals surface area contributed by atoms with E-state index < -0.39 is 0 Å². The minimum atomic E-state index is -0.0717. The SMILES string of the molecule is CN1C2CC(O)CC1[C@@H]1O[C@H]21. The van der Waals surface area contributed by atoms with Gasteiger partial charge in [-0.2, -0.15) is 0 Å². The van der Waals surface area contributed by atoms with Crippen molar-refractivity contribution in [3.8, 4) is 0 Å². The lowest BCUT2D eigenvalue weighted by Gasteiger charge is -2.36. The molecule has 62 valence electrons. The largest absolute Gasteiger partial charge is 0.393 e. The molecule has 5 atom stereocenters. The molecule has 3 nitrogen and oxygen atoms in total. The van der Waals surface area contributed by atoms with Gasteiger partial charge in [0.15, 0.2) is 0 Å². The normalized spacial score (nSPS) is 61.1. The van der Waals surface area contributed by atoms with Crippen molar-refractivity contribution in [3.05, 3.63) is 0 Å². The topological polar surface area (TPSA) is 36.0 Å². The van der Waals surface area contributed by atoms with Gasteiger partial charge in [-0.3, -0.25) is 4.90 Å². The summed E-state index contributed by atoms with van der Waals surface area (Å²) in [4.78, 5) is 2.38. The van der Waals surface area contributed by atoms with Crippen molar-refractivity contribution in [2.24, 2.45) is 0 Å². The van der Waals surface area contributed by atoms with Crippen molar-refractivity contribution in [3.63, 3.8) is 0 Å². The number of likely N-dealkylation sites (N-methyl/N-ethyl adjacent to an activating group) is 1. The highest BCUT2D eigenvalue weighted by Crippen LogP contribution is 2.47. The molecular formula is C8H13NO2. The third-order valence-corrected chi connectivity index (χ3v) is 3.39. The molecule has 0 aliphatic carbocycles. The van der Waals surface area contributed by atoms with Gasteiger partial charge in [-0.05, 0) is 19.9 Å². The first kappa shape index (κ1) is 6.40. The molecule has 0 aromatic rings. The zero-order chi connectivity index (χ0) is 7.59. The third kappa shape index (κ3) is 0.687. The van der Waals surface area contributed by atoms with Crippen LogP contribution in [0.2, 0.25) is 0 Å². The number of aliphatic hydroxyl groups excluding tert-OH is 1. The highest BCUT2D eigenvalue weighted by Gasteiger charge is 2.62. The van der Waals surface area contributed by atoms with Gasteiger partial charge in [0.25, 0.3) is 0 Å². The number of ether oxygens (including phenoxy) is 1. The molecule has 3 aliphatic heterocycles. The Hall–Kier alpha value is -0.120.